The van der Waals surface area contributed by atoms with E-state index in [1.165, 1.54) is 0 Å². The molecule has 1 amide bonds. The van der Waals surface area contributed by atoms with E-state index < -0.39 is 5.91 Å². The number of anilines is 1. The summed E-state index contributed by atoms with van der Waals surface area (Å²) in [6.07, 6.45) is 0. The van der Waals surface area contributed by atoms with Gasteiger partial charge in [0.25, 0.3) is 5.91 Å². The van der Waals surface area contributed by atoms with Gasteiger partial charge >= 0.3 is 0 Å². The zero-order valence-electron chi connectivity index (χ0n) is 10.0. The number of hydrogen-bond acceptors (Lipinski definition) is 3. The summed E-state index contributed by atoms with van der Waals surface area (Å²) in [5, 5.41) is 3.16. The van der Waals surface area contributed by atoms with Gasteiger partial charge in [-0.2, -0.15) is 0 Å². The highest BCUT2D eigenvalue weighted by Crippen LogP contribution is 2.20. The molecule has 0 fully saturated rings. The van der Waals surface area contributed by atoms with Crippen molar-refractivity contribution in [1.82, 2.24) is 0 Å². The predicted molar refractivity (Wildman–Crippen MR) is 74.0 cm³/mol. The monoisotopic (exact) mass is 299 g/mol. The smallest absolute Gasteiger partial charge is 0.250 e. The number of hydrogen-bond donors (Lipinski definition) is 3. The average molecular weight is 300 g/mol. The molecule has 0 bridgehead atoms. The first kappa shape index (κ1) is 14.0. The summed E-state index contributed by atoms with van der Waals surface area (Å²) in [6.45, 7) is 4.73. The van der Waals surface area contributed by atoms with Gasteiger partial charge in [0.05, 0.1) is 5.56 Å². The molecule has 1 aromatic carbocycles. The maximum atomic E-state index is 11.3. The van der Waals surface area contributed by atoms with Crippen LogP contribution in [0, 0.1) is 5.92 Å². The molecule has 0 radical (unpaired) electrons. The van der Waals surface area contributed by atoms with Crippen molar-refractivity contribution in [3.8, 4) is 0 Å². The molecule has 1 unspecified atom stereocenters. The lowest BCUT2D eigenvalue weighted by Crippen LogP contribution is -2.34. The molecule has 94 valence electrons. The lowest BCUT2D eigenvalue weighted by atomic mass is 10.1. The third kappa shape index (κ3) is 4.02. The van der Waals surface area contributed by atoms with E-state index >= 15 is 0 Å². The number of primary amides is 1. The van der Waals surface area contributed by atoms with Gasteiger partial charge < -0.3 is 16.8 Å². The Balaban J connectivity index is 2.80. The van der Waals surface area contributed by atoms with Gasteiger partial charge in [0.15, 0.2) is 0 Å². The van der Waals surface area contributed by atoms with Crippen LogP contribution in [0.2, 0.25) is 0 Å². The van der Waals surface area contributed by atoms with Crippen LogP contribution in [-0.4, -0.2) is 18.5 Å². The Bertz CT molecular complexity index is 407. The summed E-state index contributed by atoms with van der Waals surface area (Å²) in [5.41, 5.74) is 12.4. The third-order valence-corrected chi connectivity index (χ3v) is 3.12. The molecule has 0 saturated carbocycles. The number of amides is 1. The molecular weight excluding hydrogens is 282 g/mol. The van der Waals surface area contributed by atoms with E-state index in [0.717, 1.165) is 10.2 Å². The van der Waals surface area contributed by atoms with Crippen molar-refractivity contribution < 1.29 is 4.79 Å². The van der Waals surface area contributed by atoms with Crippen LogP contribution in [-0.2, 0) is 0 Å². The molecule has 0 heterocycles. The number of carbonyl (C=O) groups is 1. The zero-order valence-corrected chi connectivity index (χ0v) is 11.6. The van der Waals surface area contributed by atoms with Gasteiger partial charge in [-0.3, -0.25) is 4.79 Å². The van der Waals surface area contributed by atoms with Crippen LogP contribution in [0.5, 0.6) is 0 Å². The number of nitrogens with two attached hydrogens (primary N) is 2. The van der Waals surface area contributed by atoms with E-state index in [9.17, 15) is 4.79 Å². The molecule has 5 heteroatoms. The highest BCUT2D eigenvalue weighted by atomic mass is 79.9. The van der Waals surface area contributed by atoms with Crippen LogP contribution >= 0.6 is 15.9 Å². The lowest BCUT2D eigenvalue weighted by molar-refractivity contribution is 0.100. The highest BCUT2D eigenvalue weighted by Gasteiger charge is 2.11. The number of halogens is 1. The largest absolute Gasteiger partial charge is 0.383 e. The van der Waals surface area contributed by atoms with E-state index in [1.54, 1.807) is 6.07 Å². The molecule has 5 N–H and O–H groups in total. The van der Waals surface area contributed by atoms with Crippen molar-refractivity contribution in [3.05, 3.63) is 28.2 Å². The Morgan fingerprint density at radius 2 is 2.12 bits per heavy atom. The molecule has 0 aliphatic heterocycles. The zero-order chi connectivity index (χ0) is 13.0. The van der Waals surface area contributed by atoms with E-state index in [4.69, 9.17) is 11.5 Å². The van der Waals surface area contributed by atoms with Crippen LogP contribution in [0.25, 0.3) is 0 Å². The fourth-order valence-electron chi connectivity index (χ4n) is 1.34. The minimum atomic E-state index is -0.452. The van der Waals surface area contributed by atoms with Crippen molar-refractivity contribution in [2.75, 3.05) is 11.9 Å². The van der Waals surface area contributed by atoms with Gasteiger partial charge in [-0.15, -0.1) is 0 Å². The molecule has 0 aliphatic carbocycles. The van der Waals surface area contributed by atoms with E-state index in [-0.39, 0.29) is 6.04 Å². The second-order valence-corrected chi connectivity index (χ2v) is 5.26. The molecule has 1 aromatic rings. The summed E-state index contributed by atoms with van der Waals surface area (Å²) in [7, 11) is 0. The fraction of sp³-hybridized carbons (Fsp3) is 0.417. The first-order chi connectivity index (χ1) is 7.91. The number of nitrogens with one attached hydrogen (secondary N) is 1. The van der Waals surface area contributed by atoms with E-state index in [2.05, 4.69) is 35.1 Å². The molecule has 0 spiro atoms. The average Bonchev–Trinajstić information content (AvgIpc) is 2.26. The van der Waals surface area contributed by atoms with Crippen LogP contribution in [0.15, 0.2) is 22.7 Å². The Morgan fingerprint density at radius 1 is 1.47 bits per heavy atom. The summed E-state index contributed by atoms with van der Waals surface area (Å²) in [6, 6.07) is 5.41. The molecule has 1 rings (SSSR count). The molecule has 0 saturated heterocycles. The lowest BCUT2D eigenvalue weighted by Gasteiger charge is -2.18. The van der Waals surface area contributed by atoms with Crippen LogP contribution in [0.1, 0.15) is 24.2 Å². The second-order valence-electron chi connectivity index (χ2n) is 4.34. The SMILES string of the molecule is CC(C)C(N)CNc1ccc(Br)cc1C(N)=O. The second kappa shape index (κ2) is 6.02. The van der Waals surface area contributed by atoms with Gasteiger partial charge in [0.2, 0.25) is 0 Å². The van der Waals surface area contributed by atoms with Crippen LogP contribution < -0.4 is 16.8 Å². The molecule has 17 heavy (non-hydrogen) atoms. The molecule has 4 nitrogen and oxygen atoms in total. The predicted octanol–water partition coefficient (Wildman–Crippen LogP) is 1.94. The van der Waals surface area contributed by atoms with Gasteiger partial charge in [0, 0.05) is 22.7 Å². The minimum Gasteiger partial charge on any atom is -0.383 e. The number of carbonyl (C=O) groups excluding carboxylic acids is 1. The molecular formula is C12H18BrN3O. The number of rotatable bonds is 5. The minimum absolute atomic E-state index is 0.0411. The Hall–Kier alpha value is -1.07. The maximum absolute atomic E-state index is 11.3. The van der Waals surface area contributed by atoms with E-state index in [0.29, 0.717) is 18.0 Å². The standard InChI is InChI=1S/C12H18BrN3O/c1-7(2)10(14)6-16-11-4-3-8(13)5-9(11)12(15)17/h3-5,7,10,16H,6,14H2,1-2H3,(H2,15,17). The summed E-state index contributed by atoms with van der Waals surface area (Å²) in [5.74, 6) is -0.0677. The normalized spacial score (nSPS) is 12.5. The topological polar surface area (TPSA) is 81.1 Å². The Labute approximate surface area is 110 Å². The first-order valence-electron chi connectivity index (χ1n) is 5.50. The Kier molecular flexibility index (Phi) is 4.96. The summed E-state index contributed by atoms with van der Waals surface area (Å²) >= 11 is 3.31. The maximum Gasteiger partial charge on any atom is 0.250 e. The molecule has 0 aromatic heterocycles. The molecule has 0 aliphatic rings. The van der Waals surface area contributed by atoms with Crippen molar-refractivity contribution >= 4 is 27.5 Å². The summed E-state index contributed by atoms with van der Waals surface area (Å²) in [4.78, 5) is 11.3. The Morgan fingerprint density at radius 3 is 2.65 bits per heavy atom. The fourth-order valence-corrected chi connectivity index (χ4v) is 1.70. The van der Waals surface area contributed by atoms with Gasteiger partial charge in [-0.05, 0) is 24.1 Å². The third-order valence-electron chi connectivity index (χ3n) is 2.63. The van der Waals surface area contributed by atoms with Gasteiger partial charge in [-0.25, -0.2) is 0 Å². The molecule has 1 atom stereocenters. The van der Waals surface area contributed by atoms with E-state index in [1.807, 2.05) is 12.1 Å². The quantitative estimate of drug-likeness (QED) is 0.777. The summed E-state index contributed by atoms with van der Waals surface area (Å²) < 4.78 is 0.824. The number of benzene rings is 1. The van der Waals surface area contributed by atoms with Gasteiger partial charge in [-0.1, -0.05) is 29.8 Å². The highest BCUT2D eigenvalue weighted by molar-refractivity contribution is 9.10. The first-order valence-corrected chi connectivity index (χ1v) is 6.30. The van der Waals surface area contributed by atoms with Crippen molar-refractivity contribution in [2.24, 2.45) is 17.4 Å². The van der Waals surface area contributed by atoms with Gasteiger partial charge in [0.1, 0.15) is 0 Å². The van der Waals surface area contributed by atoms with Crippen LogP contribution in [0.3, 0.4) is 0 Å². The van der Waals surface area contributed by atoms with Crippen molar-refractivity contribution in [3.63, 3.8) is 0 Å². The van der Waals surface area contributed by atoms with Crippen molar-refractivity contribution in [1.29, 1.82) is 0 Å². The van der Waals surface area contributed by atoms with Crippen molar-refractivity contribution in [2.45, 2.75) is 19.9 Å². The van der Waals surface area contributed by atoms with Crippen LogP contribution in [0.4, 0.5) is 5.69 Å².